The van der Waals surface area contributed by atoms with Crippen molar-refractivity contribution in [1.29, 1.82) is 0 Å². The molecule has 1 atom stereocenters. The molecule has 0 saturated carbocycles. The molecule has 27 heavy (non-hydrogen) atoms. The second-order valence-electron chi connectivity index (χ2n) is 7.53. The molecule has 1 fully saturated rings. The van der Waals surface area contributed by atoms with Crippen molar-refractivity contribution in [3.63, 3.8) is 0 Å². The Bertz CT molecular complexity index is 705. The van der Waals surface area contributed by atoms with Crippen molar-refractivity contribution < 1.29 is 19.5 Å². The zero-order chi connectivity index (χ0) is 20.0. The van der Waals surface area contributed by atoms with Crippen LogP contribution in [0.25, 0.3) is 0 Å². The third kappa shape index (κ3) is 6.54. The van der Waals surface area contributed by atoms with Crippen LogP contribution in [-0.4, -0.2) is 40.9 Å². The summed E-state index contributed by atoms with van der Waals surface area (Å²) in [5.74, 6) is -0.662. The highest BCUT2D eigenvalue weighted by Gasteiger charge is 2.26. The van der Waals surface area contributed by atoms with Gasteiger partial charge in [0.1, 0.15) is 0 Å². The quantitative estimate of drug-likeness (QED) is 0.730. The molecule has 0 spiro atoms. The van der Waals surface area contributed by atoms with Gasteiger partial charge in [-0.1, -0.05) is 25.4 Å². The van der Waals surface area contributed by atoms with E-state index in [4.69, 9.17) is 16.7 Å². The number of rotatable bonds is 7. The first-order valence-electron chi connectivity index (χ1n) is 9.36. The van der Waals surface area contributed by atoms with Crippen LogP contribution in [0.1, 0.15) is 56.3 Å². The molecular formula is C20H27ClN2O4. The lowest BCUT2D eigenvalue weighted by Gasteiger charge is -2.33. The van der Waals surface area contributed by atoms with E-state index in [0.29, 0.717) is 42.2 Å². The van der Waals surface area contributed by atoms with Crippen LogP contribution < -0.4 is 5.32 Å². The van der Waals surface area contributed by atoms with Gasteiger partial charge in [0.15, 0.2) is 0 Å². The molecule has 0 bridgehead atoms. The summed E-state index contributed by atoms with van der Waals surface area (Å²) in [7, 11) is 0. The average Bonchev–Trinajstić information content (AvgIpc) is 2.60. The number of halogens is 1. The molecule has 0 aliphatic carbocycles. The van der Waals surface area contributed by atoms with E-state index in [1.165, 1.54) is 0 Å². The van der Waals surface area contributed by atoms with E-state index < -0.39 is 5.97 Å². The predicted octanol–water partition coefficient (Wildman–Crippen LogP) is 4.04. The smallest absolute Gasteiger partial charge is 0.303 e. The van der Waals surface area contributed by atoms with Crippen LogP contribution in [0.4, 0.5) is 5.69 Å². The molecule has 2 rings (SSSR count). The van der Waals surface area contributed by atoms with E-state index in [2.05, 4.69) is 5.32 Å². The first-order valence-corrected chi connectivity index (χ1v) is 9.74. The van der Waals surface area contributed by atoms with Gasteiger partial charge in [0.05, 0.1) is 10.6 Å². The lowest BCUT2D eigenvalue weighted by atomic mass is 9.93. The number of nitrogens with zero attached hydrogens (tertiary/aromatic N) is 1. The van der Waals surface area contributed by atoms with Gasteiger partial charge in [-0.2, -0.15) is 0 Å². The number of benzene rings is 1. The van der Waals surface area contributed by atoms with E-state index >= 15 is 0 Å². The Balaban J connectivity index is 2.07. The van der Waals surface area contributed by atoms with Gasteiger partial charge in [0.2, 0.25) is 5.91 Å². The fourth-order valence-electron chi connectivity index (χ4n) is 3.33. The standard InChI is InChI=1S/C20H27ClN2O4/c1-13(2)10-18(24)22-15-6-7-17(21)16(11-15)20(27)23-9-3-4-14(12-23)5-8-19(25)26/h6-7,11,13-14H,3-5,8-10,12H2,1-2H3,(H,22,24)(H,25,26). The van der Waals surface area contributed by atoms with Crippen LogP contribution in [0.2, 0.25) is 5.02 Å². The Morgan fingerprint density at radius 1 is 1.33 bits per heavy atom. The maximum Gasteiger partial charge on any atom is 0.303 e. The van der Waals surface area contributed by atoms with E-state index in [9.17, 15) is 14.4 Å². The Morgan fingerprint density at radius 2 is 2.07 bits per heavy atom. The van der Waals surface area contributed by atoms with Gasteiger partial charge in [-0.15, -0.1) is 0 Å². The van der Waals surface area contributed by atoms with E-state index in [0.717, 1.165) is 12.8 Å². The van der Waals surface area contributed by atoms with Crippen molar-refractivity contribution in [1.82, 2.24) is 4.90 Å². The number of nitrogens with one attached hydrogen (secondary N) is 1. The second-order valence-corrected chi connectivity index (χ2v) is 7.94. The molecule has 2 N–H and O–H groups in total. The van der Waals surface area contributed by atoms with E-state index in [-0.39, 0.29) is 30.1 Å². The van der Waals surface area contributed by atoms with Crippen molar-refractivity contribution >= 4 is 35.1 Å². The lowest BCUT2D eigenvalue weighted by molar-refractivity contribution is -0.137. The normalized spacial score (nSPS) is 17.0. The Kier molecular flexibility index (Phi) is 7.66. The van der Waals surface area contributed by atoms with Crippen molar-refractivity contribution in [2.45, 2.75) is 46.0 Å². The molecule has 1 aromatic carbocycles. The van der Waals surface area contributed by atoms with Gasteiger partial charge < -0.3 is 15.3 Å². The van der Waals surface area contributed by atoms with Crippen LogP contribution >= 0.6 is 11.6 Å². The maximum absolute atomic E-state index is 12.9. The summed E-state index contributed by atoms with van der Waals surface area (Å²) in [4.78, 5) is 37.4. The molecule has 148 valence electrons. The molecule has 7 heteroatoms. The number of aliphatic carboxylic acids is 1. The number of amides is 2. The first kappa shape index (κ1) is 21.2. The molecule has 6 nitrogen and oxygen atoms in total. The first-order chi connectivity index (χ1) is 12.8. The summed E-state index contributed by atoms with van der Waals surface area (Å²) >= 11 is 6.23. The number of likely N-dealkylation sites (tertiary alicyclic amines) is 1. The zero-order valence-electron chi connectivity index (χ0n) is 15.8. The van der Waals surface area contributed by atoms with Crippen LogP contribution in [-0.2, 0) is 9.59 Å². The second kappa shape index (κ2) is 9.74. The monoisotopic (exact) mass is 394 g/mol. The minimum Gasteiger partial charge on any atom is -0.481 e. The molecule has 1 heterocycles. The van der Waals surface area contributed by atoms with Crippen molar-refractivity contribution in [2.24, 2.45) is 11.8 Å². The fraction of sp³-hybridized carbons (Fsp3) is 0.550. The third-order valence-electron chi connectivity index (χ3n) is 4.65. The molecule has 2 amide bonds. The summed E-state index contributed by atoms with van der Waals surface area (Å²) in [6.07, 6.45) is 2.86. The van der Waals surface area contributed by atoms with Crippen LogP contribution in [0.3, 0.4) is 0 Å². The summed E-state index contributed by atoms with van der Waals surface area (Å²) in [6, 6.07) is 4.92. The van der Waals surface area contributed by atoms with Crippen LogP contribution in [0, 0.1) is 11.8 Å². The number of piperidine rings is 1. The molecule has 0 radical (unpaired) electrons. The van der Waals surface area contributed by atoms with Gasteiger partial charge in [-0.3, -0.25) is 14.4 Å². The molecular weight excluding hydrogens is 368 g/mol. The van der Waals surface area contributed by atoms with Gasteiger partial charge in [0.25, 0.3) is 5.91 Å². The zero-order valence-corrected chi connectivity index (χ0v) is 16.6. The number of carboxylic acid groups (broad SMARTS) is 1. The Labute approximate surface area is 164 Å². The molecule has 1 aliphatic heterocycles. The molecule has 1 saturated heterocycles. The minimum atomic E-state index is -0.814. The SMILES string of the molecule is CC(C)CC(=O)Nc1ccc(Cl)c(C(=O)N2CCCC(CCC(=O)O)C2)c1. The minimum absolute atomic E-state index is 0.0996. The third-order valence-corrected chi connectivity index (χ3v) is 4.98. The summed E-state index contributed by atoms with van der Waals surface area (Å²) in [5, 5.41) is 12.0. The van der Waals surface area contributed by atoms with E-state index in [1.807, 2.05) is 13.8 Å². The number of carbonyl (C=O) groups is 3. The Morgan fingerprint density at radius 3 is 2.74 bits per heavy atom. The lowest BCUT2D eigenvalue weighted by Crippen LogP contribution is -2.40. The number of anilines is 1. The molecule has 1 aromatic rings. The fourth-order valence-corrected chi connectivity index (χ4v) is 3.53. The maximum atomic E-state index is 12.9. The van der Waals surface area contributed by atoms with Crippen molar-refractivity contribution in [2.75, 3.05) is 18.4 Å². The average molecular weight is 395 g/mol. The number of hydrogen-bond acceptors (Lipinski definition) is 3. The predicted molar refractivity (Wildman–Crippen MR) is 105 cm³/mol. The highest BCUT2D eigenvalue weighted by molar-refractivity contribution is 6.34. The number of carboxylic acids is 1. The Hall–Kier alpha value is -2.08. The highest BCUT2D eigenvalue weighted by Crippen LogP contribution is 2.26. The molecule has 1 aliphatic rings. The largest absolute Gasteiger partial charge is 0.481 e. The van der Waals surface area contributed by atoms with Crippen LogP contribution in [0.5, 0.6) is 0 Å². The summed E-state index contributed by atoms with van der Waals surface area (Å²) in [5.41, 5.74) is 0.908. The van der Waals surface area contributed by atoms with E-state index in [1.54, 1.807) is 23.1 Å². The molecule has 1 unspecified atom stereocenters. The van der Waals surface area contributed by atoms with Gasteiger partial charge in [-0.25, -0.2) is 0 Å². The topological polar surface area (TPSA) is 86.7 Å². The highest BCUT2D eigenvalue weighted by atomic mass is 35.5. The van der Waals surface area contributed by atoms with Crippen molar-refractivity contribution in [3.8, 4) is 0 Å². The van der Waals surface area contributed by atoms with Crippen LogP contribution in [0.15, 0.2) is 18.2 Å². The number of carbonyl (C=O) groups excluding carboxylic acids is 2. The summed E-state index contributed by atoms with van der Waals surface area (Å²) < 4.78 is 0. The number of hydrogen-bond donors (Lipinski definition) is 2. The van der Waals surface area contributed by atoms with Crippen molar-refractivity contribution in [3.05, 3.63) is 28.8 Å². The van der Waals surface area contributed by atoms with Gasteiger partial charge >= 0.3 is 5.97 Å². The summed E-state index contributed by atoms with van der Waals surface area (Å²) in [6.45, 7) is 5.09. The van der Waals surface area contributed by atoms with Gasteiger partial charge in [0, 0.05) is 31.6 Å². The molecule has 0 aromatic heterocycles. The van der Waals surface area contributed by atoms with Gasteiger partial charge in [-0.05, 0) is 49.3 Å².